The molecule has 31 heavy (non-hydrogen) atoms. The van der Waals surface area contributed by atoms with Crippen molar-refractivity contribution in [2.75, 3.05) is 39.3 Å². The molecule has 1 amide bonds. The molecule has 166 valence electrons. The van der Waals surface area contributed by atoms with Gasteiger partial charge in [-0.25, -0.2) is 0 Å². The van der Waals surface area contributed by atoms with E-state index in [0.717, 1.165) is 57.0 Å². The smallest absolute Gasteiger partial charge is 0.253 e. The number of ether oxygens (including phenoxy) is 1. The number of piperazine rings is 1. The summed E-state index contributed by atoms with van der Waals surface area (Å²) in [7, 11) is 0. The number of para-hydroxylation sites is 1. The van der Waals surface area contributed by atoms with Crippen LogP contribution < -0.4 is 10.1 Å². The van der Waals surface area contributed by atoms with E-state index in [1.165, 1.54) is 16.7 Å². The molecule has 1 atom stereocenters. The summed E-state index contributed by atoms with van der Waals surface area (Å²) in [5.74, 6) is 1.14. The molecule has 0 bridgehead atoms. The van der Waals surface area contributed by atoms with Crippen LogP contribution in [0.2, 0.25) is 0 Å². The first-order valence-corrected chi connectivity index (χ1v) is 11.6. The highest BCUT2D eigenvalue weighted by Gasteiger charge is 2.35. The van der Waals surface area contributed by atoms with Crippen LogP contribution in [-0.4, -0.2) is 60.6 Å². The molecule has 2 aliphatic heterocycles. The maximum absolute atomic E-state index is 12.8. The maximum Gasteiger partial charge on any atom is 0.253 e. The first kappa shape index (κ1) is 21.8. The van der Waals surface area contributed by atoms with Gasteiger partial charge in [0.15, 0.2) is 0 Å². The van der Waals surface area contributed by atoms with Gasteiger partial charge in [-0.15, -0.1) is 0 Å². The van der Waals surface area contributed by atoms with Crippen molar-refractivity contribution in [3.8, 4) is 5.75 Å². The Hall–Kier alpha value is -2.37. The predicted octanol–water partition coefficient (Wildman–Crippen LogP) is 3.88. The van der Waals surface area contributed by atoms with E-state index < -0.39 is 0 Å². The number of amides is 1. The fourth-order valence-corrected chi connectivity index (χ4v) is 4.88. The molecule has 1 N–H and O–H groups in total. The van der Waals surface area contributed by atoms with Gasteiger partial charge in [-0.3, -0.25) is 9.69 Å². The van der Waals surface area contributed by atoms with Crippen LogP contribution in [0.5, 0.6) is 5.75 Å². The Kier molecular flexibility index (Phi) is 6.35. The van der Waals surface area contributed by atoms with E-state index in [-0.39, 0.29) is 17.6 Å². The number of carbonyl (C=O) groups excluding carboxylic acids is 1. The number of nitrogens with zero attached hydrogens (tertiary/aromatic N) is 2. The van der Waals surface area contributed by atoms with Crippen molar-refractivity contribution in [1.82, 2.24) is 15.1 Å². The second-order valence-corrected chi connectivity index (χ2v) is 9.16. The minimum Gasteiger partial charge on any atom is -0.487 e. The van der Waals surface area contributed by atoms with Crippen molar-refractivity contribution in [3.63, 3.8) is 0 Å². The van der Waals surface area contributed by atoms with Crippen LogP contribution in [0.15, 0.2) is 42.5 Å². The highest BCUT2D eigenvalue weighted by Crippen LogP contribution is 2.43. The number of benzene rings is 2. The van der Waals surface area contributed by atoms with Gasteiger partial charge in [-0.05, 0) is 51.0 Å². The maximum atomic E-state index is 12.8. The zero-order valence-corrected chi connectivity index (χ0v) is 19.3. The van der Waals surface area contributed by atoms with Crippen molar-refractivity contribution in [3.05, 3.63) is 64.7 Å². The fourth-order valence-electron chi connectivity index (χ4n) is 4.88. The van der Waals surface area contributed by atoms with Crippen molar-refractivity contribution < 1.29 is 9.53 Å². The Labute approximate surface area is 186 Å². The summed E-state index contributed by atoms with van der Waals surface area (Å²) in [6.07, 6.45) is 0.932. The standard InChI is InChI=1S/C26H35N3O2/c1-5-28(6-2)25(30)20-12-10-19(11-13-20)23(29-16-14-27-15-17-29)22-9-7-8-21-18-26(3,4)31-24(21)22/h7-13,23,27H,5-6,14-18H2,1-4H3. The van der Waals surface area contributed by atoms with Gasteiger partial charge >= 0.3 is 0 Å². The number of fused-ring (bicyclic) bond motifs is 1. The number of carbonyl (C=O) groups is 1. The lowest BCUT2D eigenvalue weighted by Gasteiger charge is -2.36. The lowest BCUT2D eigenvalue weighted by molar-refractivity contribution is 0.0773. The number of rotatable bonds is 6. The summed E-state index contributed by atoms with van der Waals surface area (Å²) in [6, 6.07) is 14.9. The van der Waals surface area contributed by atoms with E-state index in [1.807, 2.05) is 30.9 Å². The Morgan fingerprint density at radius 1 is 1.10 bits per heavy atom. The average Bonchev–Trinajstić information content (AvgIpc) is 3.10. The summed E-state index contributed by atoms with van der Waals surface area (Å²) in [6.45, 7) is 13.7. The van der Waals surface area contributed by atoms with E-state index in [9.17, 15) is 4.79 Å². The van der Waals surface area contributed by atoms with Gasteiger partial charge in [0.25, 0.3) is 5.91 Å². The van der Waals surface area contributed by atoms with Gasteiger partial charge in [-0.1, -0.05) is 30.3 Å². The van der Waals surface area contributed by atoms with Crippen LogP contribution in [0.25, 0.3) is 0 Å². The van der Waals surface area contributed by atoms with Gasteiger partial charge in [0.1, 0.15) is 11.4 Å². The molecular weight excluding hydrogens is 386 g/mol. The number of hydrogen-bond donors (Lipinski definition) is 1. The largest absolute Gasteiger partial charge is 0.487 e. The molecule has 4 rings (SSSR count). The molecule has 5 nitrogen and oxygen atoms in total. The number of hydrogen-bond acceptors (Lipinski definition) is 4. The minimum absolute atomic E-state index is 0.0981. The van der Waals surface area contributed by atoms with Gasteiger partial charge < -0.3 is 15.0 Å². The van der Waals surface area contributed by atoms with Crippen molar-refractivity contribution in [1.29, 1.82) is 0 Å². The molecule has 1 fully saturated rings. The summed E-state index contributed by atoms with van der Waals surface area (Å²) in [5.41, 5.74) is 4.30. The van der Waals surface area contributed by atoms with E-state index in [2.05, 4.69) is 54.4 Å². The summed E-state index contributed by atoms with van der Waals surface area (Å²) in [5, 5.41) is 3.46. The SMILES string of the molecule is CCN(CC)C(=O)c1ccc(C(c2cccc3c2OC(C)(C)C3)N2CCNCC2)cc1. The van der Waals surface area contributed by atoms with Crippen LogP contribution in [0.1, 0.15) is 60.8 Å². The quantitative estimate of drug-likeness (QED) is 0.769. The van der Waals surface area contributed by atoms with Crippen LogP contribution >= 0.6 is 0 Å². The Morgan fingerprint density at radius 3 is 2.42 bits per heavy atom. The van der Waals surface area contributed by atoms with Gasteiger partial charge in [0.2, 0.25) is 0 Å². The average molecular weight is 422 g/mol. The third-order valence-corrected chi connectivity index (χ3v) is 6.46. The second-order valence-electron chi connectivity index (χ2n) is 9.16. The third-order valence-electron chi connectivity index (χ3n) is 6.46. The molecule has 0 spiro atoms. The summed E-state index contributed by atoms with van der Waals surface area (Å²) >= 11 is 0. The minimum atomic E-state index is -0.174. The fraction of sp³-hybridized carbons (Fsp3) is 0.500. The molecule has 0 saturated carbocycles. The normalized spacial score (nSPS) is 18.8. The topological polar surface area (TPSA) is 44.8 Å². The third kappa shape index (κ3) is 4.48. The molecule has 2 aromatic rings. The van der Waals surface area contributed by atoms with Crippen molar-refractivity contribution in [2.45, 2.75) is 45.8 Å². The molecule has 5 heteroatoms. The molecule has 2 aromatic carbocycles. The zero-order chi connectivity index (χ0) is 22.0. The van der Waals surface area contributed by atoms with E-state index >= 15 is 0 Å². The lowest BCUT2D eigenvalue weighted by Crippen LogP contribution is -2.45. The number of nitrogens with one attached hydrogen (secondary N) is 1. The Morgan fingerprint density at radius 2 is 1.77 bits per heavy atom. The van der Waals surface area contributed by atoms with Crippen molar-refractivity contribution in [2.24, 2.45) is 0 Å². The molecule has 0 radical (unpaired) electrons. The molecule has 1 saturated heterocycles. The van der Waals surface area contributed by atoms with Gasteiger partial charge in [0.05, 0.1) is 6.04 Å². The van der Waals surface area contributed by atoms with E-state index in [1.54, 1.807) is 0 Å². The molecule has 0 aromatic heterocycles. The Bertz CT molecular complexity index is 913. The van der Waals surface area contributed by atoms with Gasteiger partial charge in [0, 0.05) is 56.8 Å². The molecule has 2 aliphatic rings. The summed E-state index contributed by atoms with van der Waals surface area (Å²) in [4.78, 5) is 17.2. The molecule has 0 aliphatic carbocycles. The van der Waals surface area contributed by atoms with Crippen LogP contribution in [0, 0.1) is 0 Å². The predicted molar refractivity (Wildman–Crippen MR) is 125 cm³/mol. The Balaban J connectivity index is 1.71. The van der Waals surface area contributed by atoms with E-state index in [4.69, 9.17) is 4.74 Å². The summed E-state index contributed by atoms with van der Waals surface area (Å²) < 4.78 is 6.44. The molecule has 2 heterocycles. The monoisotopic (exact) mass is 421 g/mol. The van der Waals surface area contributed by atoms with Crippen LogP contribution in [-0.2, 0) is 6.42 Å². The van der Waals surface area contributed by atoms with Crippen LogP contribution in [0.4, 0.5) is 0 Å². The van der Waals surface area contributed by atoms with Crippen molar-refractivity contribution >= 4 is 5.91 Å². The highest BCUT2D eigenvalue weighted by molar-refractivity contribution is 5.94. The first-order chi connectivity index (χ1) is 14.9. The second kappa shape index (κ2) is 9.01. The highest BCUT2D eigenvalue weighted by atomic mass is 16.5. The van der Waals surface area contributed by atoms with Crippen LogP contribution in [0.3, 0.4) is 0 Å². The molecular formula is C26H35N3O2. The first-order valence-electron chi connectivity index (χ1n) is 11.6. The lowest BCUT2D eigenvalue weighted by atomic mass is 9.92. The molecule has 1 unspecified atom stereocenters. The zero-order valence-electron chi connectivity index (χ0n) is 19.3. The van der Waals surface area contributed by atoms with Gasteiger partial charge in [-0.2, -0.15) is 0 Å². The van der Waals surface area contributed by atoms with E-state index in [0.29, 0.717) is 0 Å².